The van der Waals surface area contributed by atoms with Crippen LogP contribution in [0.15, 0.2) is 78.4 Å². The number of carbonyl (C=O) groups is 1. The predicted octanol–water partition coefficient (Wildman–Crippen LogP) is 5.26. The summed E-state index contributed by atoms with van der Waals surface area (Å²) in [6.07, 6.45) is 3.31. The summed E-state index contributed by atoms with van der Waals surface area (Å²) in [6, 6.07) is 18.3. The van der Waals surface area contributed by atoms with Crippen LogP contribution in [0, 0.1) is 0 Å². The zero-order valence-electron chi connectivity index (χ0n) is 15.5. The lowest BCUT2D eigenvalue weighted by molar-refractivity contribution is 0.102. The highest BCUT2D eigenvalue weighted by Crippen LogP contribution is 2.32. The monoisotopic (exact) mass is 403 g/mol. The second-order valence-corrected chi connectivity index (χ2v) is 6.86. The van der Waals surface area contributed by atoms with Crippen molar-refractivity contribution in [3.05, 3.63) is 84.1 Å². The van der Waals surface area contributed by atoms with Gasteiger partial charge in [0.25, 0.3) is 5.91 Å². The van der Waals surface area contributed by atoms with Crippen molar-refractivity contribution in [2.45, 2.75) is 0 Å². The number of methoxy groups -OCH3 is 1. The van der Waals surface area contributed by atoms with Gasteiger partial charge in [-0.3, -0.25) is 9.78 Å². The molecule has 0 spiro atoms. The number of nitrogens with one attached hydrogen (secondary N) is 1. The van der Waals surface area contributed by atoms with Gasteiger partial charge in [-0.15, -0.1) is 11.3 Å². The van der Waals surface area contributed by atoms with Crippen molar-refractivity contribution >= 4 is 22.9 Å². The van der Waals surface area contributed by atoms with E-state index in [1.54, 1.807) is 49.1 Å². The molecule has 0 aliphatic heterocycles. The van der Waals surface area contributed by atoms with Crippen LogP contribution in [-0.2, 0) is 0 Å². The Bertz CT molecular complexity index is 1130. The number of rotatable bonds is 6. The number of hydrogen-bond donors (Lipinski definition) is 1. The van der Waals surface area contributed by atoms with E-state index in [0.717, 1.165) is 16.3 Å². The van der Waals surface area contributed by atoms with E-state index < -0.39 is 0 Å². The first-order chi connectivity index (χ1) is 14.2. The van der Waals surface area contributed by atoms with Gasteiger partial charge >= 0.3 is 0 Å². The third kappa shape index (κ3) is 4.41. The maximum absolute atomic E-state index is 12.6. The molecule has 0 atom stereocenters. The molecule has 4 aromatic rings. The highest BCUT2D eigenvalue weighted by Gasteiger charge is 2.15. The molecule has 1 N–H and O–H groups in total. The number of amides is 1. The van der Waals surface area contributed by atoms with Crippen molar-refractivity contribution in [1.82, 2.24) is 9.97 Å². The van der Waals surface area contributed by atoms with Gasteiger partial charge in [-0.25, -0.2) is 4.98 Å². The van der Waals surface area contributed by atoms with Gasteiger partial charge in [-0.2, -0.15) is 0 Å². The molecule has 144 valence electrons. The summed E-state index contributed by atoms with van der Waals surface area (Å²) < 4.78 is 11.2. The van der Waals surface area contributed by atoms with Crippen LogP contribution in [-0.4, -0.2) is 23.0 Å². The van der Waals surface area contributed by atoms with E-state index >= 15 is 0 Å². The quantitative estimate of drug-likeness (QED) is 0.475. The fourth-order valence-electron chi connectivity index (χ4n) is 2.70. The molecular weight excluding hydrogens is 386 g/mol. The number of hydrogen-bond acceptors (Lipinski definition) is 6. The smallest absolute Gasteiger partial charge is 0.275 e. The molecule has 0 saturated carbocycles. The number of para-hydroxylation sites is 1. The van der Waals surface area contributed by atoms with Gasteiger partial charge in [-0.1, -0.05) is 18.2 Å². The predicted molar refractivity (Wildman–Crippen MR) is 113 cm³/mol. The minimum atomic E-state index is -0.288. The number of pyridine rings is 1. The van der Waals surface area contributed by atoms with E-state index in [1.807, 2.05) is 36.4 Å². The van der Waals surface area contributed by atoms with E-state index in [2.05, 4.69) is 15.3 Å². The lowest BCUT2D eigenvalue weighted by atomic mass is 10.2. The Balaban J connectivity index is 1.49. The number of ether oxygens (including phenoxy) is 2. The minimum Gasteiger partial charge on any atom is -0.496 e. The summed E-state index contributed by atoms with van der Waals surface area (Å²) in [7, 11) is 1.61. The van der Waals surface area contributed by atoms with Crippen LogP contribution < -0.4 is 14.8 Å². The van der Waals surface area contributed by atoms with Crippen LogP contribution in [0.5, 0.6) is 17.2 Å². The topological polar surface area (TPSA) is 73.3 Å². The van der Waals surface area contributed by atoms with E-state index in [-0.39, 0.29) is 5.91 Å². The first-order valence-electron chi connectivity index (χ1n) is 8.81. The van der Waals surface area contributed by atoms with Crippen molar-refractivity contribution in [2.75, 3.05) is 12.4 Å². The maximum atomic E-state index is 12.6. The van der Waals surface area contributed by atoms with Crippen LogP contribution in [0.25, 0.3) is 10.6 Å². The van der Waals surface area contributed by atoms with Crippen molar-refractivity contribution in [2.24, 2.45) is 0 Å². The average Bonchev–Trinajstić information content (AvgIpc) is 3.25. The zero-order chi connectivity index (χ0) is 20.1. The normalized spacial score (nSPS) is 10.4. The molecule has 0 aliphatic rings. The summed E-state index contributed by atoms with van der Waals surface area (Å²) in [6.45, 7) is 0. The Morgan fingerprint density at radius 1 is 1.00 bits per heavy atom. The van der Waals surface area contributed by atoms with Crippen LogP contribution in [0.1, 0.15) is 10.5 Å². The number of nitrogens with zero attached hydrogens (tertiary/aromatic N) is 2. The van der Waals surface area contributed by atoms with Gasteiger partial charge in [-0.05, 0) is 36.4 Å². The Kier molecular flexibility index (Phi) is 5.49. The van der Waals surface area contributed by atoms with Gasteiger partial charge in [0.1, 0.15) is 28.0 Å². The lowest BCUT2D eigenvalue weighted by Crippen LogP contribution is -2.12. The fraction of sp³-hybridized carbons (Fsp3) is 0.0455. The molecule has 2 aromatic carbocycles. The first kappa shape index (κ1) is 18.6. The fourth-order valence-corrected chi connectivity index (χ4v) is 3.53. The minimum absolute atomic E-state index is 0.288. The third-order valence-electron chi connectivity index (χ3n) is 4.05. The standard InChI is InChI=1S/C22H17N3O3S/c1-27-20-8-3-2-7-18(20)22-25-19(14-29-22)21(26)24-15-5-4-6-17(13-15)28-16-9-11-23-12-10-16/h2-14H,1H3,(H,24,26). The van der Waals surface area contributed by atoms with Gasteiger partial charge in [0.15, 0.2) is 0 Å². The van der Waals surface area contributed by atoms with Crippen LogP contribution in [0.4, 0.5) is 5.69 Å². The molecule has 6 nitrogen and oxygen atoms in total. The van der Waals surface area contributed by atoms with E-state index in [4.69, 9.17) is 9.47 Å². The highest BCUT2D eigenvalue weighted by atomic mass is 32.1. The molecule has 7 heteroatoms. The van der Waals surface area contributed by atoms with Crippen LogP contribution in [0.3, 0.4) is 0 Å². The number of benzene rings is 2. The largest absolute Gasteiger partial charge is 0.496 e. The summed E-state index contributed by atoms with van der Waals surface area (Å²) in [5.41, 5.74) is 1.82. The molecule has 1 amide bonds. The number of thiazole rings is 1. The van der Waals surface area contributed by atoms with E-state index in [9.17, 15) is 4.79 Å². The van der Waals surface area contributed by atoms with Gasteiger partial charge in [0.2, 0.25) is 0 Å². The Labute approximate surface area is 171 Å². The molecule has 0 bridgehead atoms. The number of carbonyl (C=O) groups excluding carboxylic acids is 1. The molecule has 0 saturated heterocycles. The lowest BCUT2D eigenvalue weighted by Gasteiger charge is -2.08. The first-order valence-corrected chi connectivity index (χ1v) is 9.69. The van der Waals surface area contributed by atoms with Gasteiger partial charge in [0.05, 0.1) is 12.7 Å². The second-order valence-electron chi connectivity index (χ2n) is 6.01. The molecule has 0 unspecified atom stereocenters. The Morgan fingerprint density at radius 3 is 2.66 bits per heavy atom. The second kappa shape index (κ2) is 8.53. The molecular formula is C22H17N3O3S. The van der Waals surface area contributed by atoms with Crippen LogP contribution in [0.2, 0.25) is 0 Å². The number of aromatic nitrogens is 2. The van der Waals surface area contributed by atoms with Crippen molar-refractivity contribution in [3.8, 4) is 27.8 Å². The summed E-state index contributed by atoms with van der Waals surface area (Å²) in [5, 5.41) is 5.31. The molecule has 0 radical (unpaired) electrons. The van der Waals surface area contributed by atoms with Crippen molar-refractivity contribution in [1.29, 1.82) is 0 Å². The van der Waals surface area contributed by atoms with Crippen LogP contribution >= 0.6 is 11.3 Å². The SMILES string of the molecule is COc1ccccc1-c1nc(C(=O)Nc2cccc(Oc3ccncc3)c2)cs1. The van der Waals surface area contributed by atoms with Gasteiger partial charge < -0.3 is 14.8 Å². The van der Waals surface area contributed by atoms with Crippen molar-refractivity contribution in [3.63, 3.8) is 0 Å². The molecule has 4 rings (SSSR count). The third-order valence-corrected chi connectivity index (χ3v) is 4.93. The van der Waals surface area contributed by atoms with E-state index in [1.165, 1.54) is 11.3 Å². The molecule has 0 fully saturated rings. The molecule has 0 aliphatic carbocycles. The summed E-state index contributed by atoms with van der Waals surface area (Å²) in [4.78, 5) is 21.1. The van der Waals surface area contributed by atoms with E-state index in [0.29, 0.717) is 22.9 Å². The summed E-state index contributed by atoms with van der Waals surface area (Å²) in [5.74, 6) is 1.71. The van der Waals surface area contributed by atoms with Gasteiger partial charge in [0, 0.05) is 29.5 Å². The summed E-state index contributed by atoms with van der Waals surface area (Å²) >= 11 is 1.39. The van der Waals surface area contributed by atoms with Crippen molar-refractivity contribution < 1.29 is 14.3 Å². The molecule has 2 heterocycles. The molecule has 2 aromatic heterocycles. The maximum Gasteiger partial charge on any atom is 0.275 e. The average molecular weight is 403 g/mol. The molecule has 29 heavy (non-hydrogen) atoms. The Morgan fingerprint density at radius 2 is 1.83 bits per heavy atom. The zero-order valence-corrected chi connectivity index (χ0v) is 16.3. The number of anilines is 1. The Hall–Kier alpha value is -3.71. The highest BCUT2D eigenvalue weighted by molar-refractivity contribution is 7.13.